The first-order chi connectivity index (χ1) is 12.1. The van der Waals surface area contributed by atoms with Crippen LogP contribution >= 0.6 is 0 Å². The molecule has 3 rings (SSSR count). The number of anilines is 1. The van der Waals surface area contributed by atoms with Crippen LogP contribution in [0.2, 0.25) is 0 Å². The molecule has 0 unspecified atom stereocenters. The quantitative estimate of drug-likeness (QED) is 0.593. The maximum atomic E-state index is 11.9. The number of rotatable bonds is 7. The van der Waals surface area contributed by atoms with Crippen LogP contribution in [0.4, 0.5) is 5.82 Å². The zero-order valence-electron chi connectivity index (χ0n) is 14.4. The highest BCUT2D eigenvalue weighted by atomic mass is 16.5. The number of hydrogen-bond donors (Lipinski definition) is 1. The van der Waals surface area contributed by atoms with Crippen molar-refractivity contribution in [3.63, 3.8) is 0 Å². The molecule has 134 valence electrons. The van der Waals surface area contributed by atoms with Crippen molar-refractivity contribution in [2.45, 2.75) is 33.1 Å². The predicted molar refractivity (Wildman–Crippen MR) is 89.2 cm³/mol. The average Bonchev–Trinajstić information content (AvgIpc) is 3.18. The van der Waals surface area contributed by atoms with Gasteiger partial charge in [0, 0.05) is 26.1 Å². The van der Waals surface area contributed by atoms with E-state index >= 15 is 0 Å². The number of fused-ring (bicyclic) bond motifs is 1. The van der Waals surface area contributed by atoms with Crippen molar-refractivity contribution in [2.75, 3.05) is 31.6 Å². The number of aromatic nitrogens is 3. The van der Waals surface area contributed by atoms with Crippen LogP contribution in [0, 0.1) is 6.92 Å². The Morgan fingerprint density at radius 2 is 2.24 bits per heavy atom. The summed E-state index contributed by atoms with van der Waals surface area (Å²) < 4.78 is 10.1. The summed E-state index contributed by atoms with van der Waals surface area (Å²) >= 11 is 0. The monoisotopic (exact) mass is 347 g/mol. The first kappa shape index (κ1) is 17.1. The van der Waals surface area contributed by atoms with Crippen LogP contribution in [-0.4, -0.2) is 58.1 Å². The maximum absolute atomic E-state index is 11.9. The van der Waals surface area contributed by atoms with Gasteiger partial charge in [-0.05, 0) is 26.7 Å². The van der Waals surface area contributed by atoms with Crippen LogP contribution < -0.4 is 5.32 Å². The van der Waals surface area contributed by atoms with Crippen molar-refractivity contribution >= 4 is 28.8 Å². The largest absolute Gasteiger partial charge is 0.460 e. The molecule has 2 aromatic rings. The number of nitrogens with zero attached hydrogens (tertiary/aromatic N) is 4. The number of likely N-dealkylation sites (tertiary alicyclic amines) is 1. The lowest BCUT2D eigenvalue weighted by Crippen LogP contribution is -2.27. The van der Waals surface area contributed by atoms with E-state index in [0.29, 0.717) is 36.4 Å². The Bertz CT molecular complexity index is 788. The summed E-state index contributed by atoms with van der Waals surface area (Å²) in [7, 11) is 0. The summed E-state index contributed by atoms with van der Waals surface area (Å²) in [5.41, 5.74) is 0.885. The second-order valence-electron chi connectivity index (χ2n) is 5.83. The Labute approximate surface area is 144 Å². The van der Waals surface area contributed by atoms with Crippen molar-refractivity contribution < 1.29 is 18.8 Å². The number of ether oxygens (including phenoxy) is 1. The third kappa shape index (κ3) is 3.70. The smallest absolute Gasteiger partial charge is 0.376 e. The fourth-order valence-corrected chi connectivity index (χ4v) is 2.82. The van der Waals surface area contributed by atoms with Gasteiger partial charge in [-0.3, -0.25) is 4.79 Å². The molecule has 1 saturated heterocycles. The third-order valence-electron chi connectivity index (χ3n) is 4.03. The van der Waals surface area contributed by atoms with Gasteiger partial charge in [-0.2, -0.15) is 4.98 Å². The van der Waals surface area contributed by atoms with Gasteiger partial charge in [-0.1, -0.05) is 5.16 Å². The molecule has 9 nitrogen and oxygen atoms in total. The molecule has 1 amide bonds. The molecular formula is C16H21N5O4. The maximum Gasteiger partial charge on any atom is 0.376 e. The van der Waals surface area contributed by atoms with Crippen molar-refractivity contribution in [1.82, 2.24) is 20.0 Å². The van der Waals surface area contributed by atoms with Crippen LogP contribution in [0.25, 0.3) is 11.1 Å². The summed E-state index contributed by atoms with van der Waals surface area (Å²) in [5.74, 6) is 0.0235. The molecule has 0 atom stereocenters. The fraction of sp³-hybridized carbons (Fsp3) is 0.562. The van der Waals surface area contributed by atoms with Gasteiger partial charge in [0.1, 0.15) is 11.2 Å². The van der Waals surface area contributed by atoms with Crippen LogP contribution in [0.15, 0.2) is 4.52 Å². The fourth-order valence-electron chi connectivity index (χ4n) is 2.82. The van der Waals surface area contributed by atoms with Gasteiger partial charge in [0.2, 0.25) is 11.7 Å². The average molecular weight is 347 g/mol. The van der Waals surface area contributed by atoms with Crippen LogP contribution in [0.5, 0.6) is 0 Å². The Balaban J connectivity index is 1.71. The molecule has 0 saturated carbocycles. The van der Waals surface area contributed by atoms with E-state index in [1.807, 2.05) is 4.90 Å². The summed E-state index contributed by atoms with van der Waals surface area (Å²) in [6.45, 7) is 5.87. The van der Waals surface area contributed by atoms with Crippen molar-refractivity contribution in [3.8, 4) is 0 Å². The molecule has 1 aliphatic heterocycles. The number of carbonyl (C=O) groups is 2. The van der Waals surface area contributed by atoms with Crippen LogP contribution in [0.3, 0.4) is 0 Å². The van der Waals surface area contributed by atoms with Crippen molar-refractivity contribution in [1.29, 1.82) is 0 Å². The van der Waals surface area contributed by atoms with Gasteiger partial charge in [0.25, 0.3) is 5.71 Å². The molecule has 0 aromatic carbocycles. The second-order valence-corrected chi connectivity index (χ2v) is 5.83. The lowest BCUT2D eigenvalue weighted by Gasteiger charge is -2.15. The lowest BCUT2D eigenvalue weighted by molar-refractivity contribution is -0.127. The Morgan fingerprint density at radius 3 is 2.96 bits per heavy atom. The predicted octanol–water partition coefficient (Wildman–Crippen LogP) is 1.53. The minimum Gasteiger partial charge on any atom is -0.460 e. The van der Waals surface area contributed by atoms with Gasteiger partial charge in [0.05, 0.1) is 12.3 Å². The van der Waals surface area contributed by atoms with Crippen molar-refractivity contribution in [2.24, 2.45) is 0 Å². The van der Waals surface area contributed by atoms with Crippen LogP contribution in [0.1, 0.15) is 42.5 Å². The highest BCUT2D eigenvalue weighted by Crippen LogP contribution is 2.24. The molecule has 2 aromatic heterocycles. The van der Waals surface area contributed by atoms with E-state index in [4.69, 9.17) is 9.26 Å². The summed E-state index contributed by atoms with van der Waals surface area (Å²) in [4.78, 5) is 33.7. The molecule has 1 N–H and O–H groups in total. The SMILES string of the molecule is CCOC(=O)c1nc(NCCCN2CCCC2=O)c2c(C)noc2n1. The van der Waals surface area contributed by atoms with Crippen LogP contribution in [-0.2, 0) is 9.53 Å². The number of hydrogen-bond acceptors (Lipinski definition) is 8. The van der Waals surface area contributed by atoms with Crippen molar-refractivity contribution in [3.05, 3.63) is 11.5 Å². The minimum absolute atomic E-state index is 0.0669. The van der Waals surface area contributed by atoms with E-state index in [1.165, 1.54) is 0 Å². The molecule has 3 heterocycles. The number of aryl methyl sites for hydroxylation is 1. The molecule has 25 heavy (non-hydrogen) atoms. The number of amides is 1. The van der Waals surface area contributed by atoms with Gasteiger partial charge >= 0.3 is 5.97 Å². The van der Waals surface area contributed by atoms with Gasteiger partial charge in [0.15, 0.2) is 0 Å². The van der Waals surface area contributed by atoms with E-state index in [9.17, 15) is 9.59 Å². The van der Waals surface area contributed by atoms with E-state index < -0.39 is 5.97 Å². The van der Waals surface area contributed by atoms with E-state index in [2.05, 4.69) is 20.4 Å². The van der Waals surface area contributed by atoms with E-state index in [1.54, 1.807) is 13.8 Å². The Hall–Kier alpha value is -2.71. The van der Waals surface area contributed by atoms with Gasteiger partial charge < -0.3 is 19.5 Å². The summed E-state index contributed by atoms with van der Waals surface area (Å²) in [6, 6.07) is 0. The summed E-state index contributed by atoms with van der Waals surface area (Å²) in [5, 5.41) is 7.72. The zero-order chi connectivity index (χ0) is 17.8. The lowest BCUT2D eigenvalue weighted by atomic mass is 10.3. The molecule has 9 heteroatoms. The normalized spacial score (nSPS) is 14.3. The third-order valence-corrected chi connectivity index (χ3v) is 4.03. The minimum atomic E-state index is -0.607. The second kappa shape index (κ2) is 7.45. The first-order valence-electron chi connectivity index (χ1n) is 8.43. The molecule has 1 fully saturated rings. The molecule has 0 radical (unpaired) electrons. The molecular weight excluding hydrogens is 326 g/mol. The number of esters is 1. The van der Waals surface area contributed by atoms with E-state index in [-0.39, 0.29) is 24.1 Å². The number of nitrogens with one attached hydrogen (secondary N) is 1. The van der Waals surface area contributed by atoms with Gasteiger partial charge in [-0.25, -0.2) is 9.78 Å². The standard InChI is InChI=1S/C16H21N5O4/c1-3-24-16(23)14-18-13(12-10(2)20-25-15(12)19-14)17-7-5-9-21-8-4-6-11(21)22/h3-9H2,1-2H3,(H,17,18,19). The zero-order valence-corrected chi connectivity index (χ0v) is 14.4. The number of carbonyl (C=O) groups excluding carboxylic acids is 2. The molecule has 0 spiro atoms. The Kier molecular flexibility index (Phi) is 5.11. The first-order valence-corrected chi connectivity index (χ1v) is 8.43. The molecule has 1 aliphatic rings. The topological polar surface area (TPSA) is 110 Å². The van der Waals surface area contributed by atoms with E-state index in [0.717, 1.165) is 19.4 Å². The molecule has 0 bridgehead atoms. The molecule has 0 aliphatic carbocycles. The summed E-state index contributed by atoms with van der Waals surface area (Å²) in [6.07, 6.45) is 2.35. The van der Waals surface area contributed by atoms with Gasteiger partial charge in [-0.15, -0.1) is 0 Å². The Morgan fingerprint density at radius 1 is 1.40 bits per heavy atom. The highest BCUT2D eigenvalue weighted by Gasteiger charge is 2.21. The highest BCUT2D eigenvalue weighted by molar-refractivity contribution is 5.93.